The van der Waals surface area contributed by atoms with Crippen LogP contribution in [-0.4, -0.2) is 38.0 Å². The predicted octanol–water partition coefficient (Wildman–Crippen LogP) is 1.96. The van der Waals surface area contributed by atoms with Crippen molar-refractivity contribution in [2.45, 2.75) is 57.3 Å². The standard InChI is InChI=1S/C14H25NO2/c1-2-15-14(10-5-7-16-8-6-10)12-9-11-3-4-13(12)17-11/h10-15H,2-9H2,1H3. The molecule has 3 heteroatoms. The zero-order chi connectivity index (χ0) is 11.7. The molecular formula is C14H25NO2. The topological polar surface area (TPSA) is 30.5 Å². The zero-order valence-electron chi connectivity index (χ0n) is 10.9. The van der Waals surface area contributed by atoms with Crippen LogP contribution in [0.25, 0.3) is 0 Å². The van der Waals surface area contributed by atoms with Crippen LogP contribution in [0.1, 0.15) is 39.0 Å². The molecule has 0 aliphatic carbocycles. The number of rotatable bonds is 4. The number of nitrogens with one attached hydrogen (secondary N) is 1. The molecule has 3 aliphatic heterocycles. The van der Waals surface area contributed by atoms with E-state index in [4.69, 9.17) is 9.47 Å². The van der Waals surface area contributed by atoms with E-state index < -0.39 is 0 Å². The predicted molar refractivity (Wildman–Crippen MR) is 67.0 cm³/mol. The van der Waals surface area contributed by atoms with Crippen molar-refractivity contribution in [3.8, 4) is 0 Å². The second kappa shape index (κ2) is 5.25. The molecule has 3 rings (SSSR count). The molecule has 98 valence electrons. The van der Waals surface area contributed by atoms with Crippen molar-refractivity contribution in [2.24, 2.45) is 11.8 Å². The molecule has 3 fully saturated rings. The fourth-order valence-electron chi connectivity index (χ4n) is 4.03. The fraction of sp³-hybridized carbons (Fsp3) is 1.00. The van der Waals surface area contributed by atoms with E-state index in [1.54, 1.807) is 0 Å². The Morgan fingerprint density at radius 2 is 2.00 bits per heavy atom. The van der Waals surface area contributed by atoms with Crippen molar-refractivity contribution in [1.82, 2.24) is 5.32 Å². The van der Waals surface area contributed by atoms with Gasteiger partial charge in [-0.1, -0.05) is 6.92 Å². The van der Waals surface area contributed by atoms with Crippen LogP contribution in [-0.2, 0) is 9.47 Å². The zero-order valence-corrected chi connectivity index (χ0v) is 10.9. The molecule has 1 N–H and O–H groups in total. The summed E-state index contributed by atoms with van der Waals surface area (Å²) >= 11 is 0. The molecule has 0 radical (unpaired) electrons. The molecule has 3 nitrogen and oxygen atoms in total. The quantitative estimate of drug-likeness (QED) is 0.813. The average molecular weight is 239 g/mol. The lowest BCUT2D eigenvalue weighted by Crippen LogP contribution is -2.47. The molecular weight excluding hydrogens is 214 g/mol. The molecule has 0 saturated carbocycles. The van der Waals surface area contributed by atoms with E-state index in [1.807, 2.05) is 0 Å². The monoisotopic (exact) mass is 239 g/mol. The Kier molecular flexibility index (Phi) is 3.69. The van der Waals surface area contributed by atoms with Gasteiger partial charge in [0.15, 0.2) is 0 Å². The maximum atomic E-state index is 6.03. The van der Waals surface area contributed by atoms with Gasteiger partial charge in [0.05, 0.1) is 12.2 Å². The van der Waals surface area contributed by atoms with Crippen LogP contribution in [0.3, 0.4) is 0 Å². The van der Waals surface area contributed by atoms with E-state index in [9.17, 15) is 0 Å². The molecule has 4 unspecified atom stereocenters. The van der Waals surface area contributed by atoms with Gasteiger partial charge in [0.2, 0.25) is 0 Å². The van der Waals surface area contributed by atoms with E-state index in [2.05, 4.69) is 12.2 Å². The number of ether oxygens (including phenoxy) is 2. The minimum absolute atomic E-state index is 0.548. The Hall–Kier alpha value is -0.120. The van der Waals surface area contributed by atoms with Crippen LogP contribution in [0.4, 0.5) is 0 Å². The summed E-state index contributed by atoms with van der Waals surface area (Å²) in [5.41, 5.74) is 0. The number of hydrogen-bond donors (Lipinski definition) is 1. The number of hydrogen-bond acceptors (Lipinski definition) is 3. The van der Waals surface area contributed by atoms with Gasteiger partial charge in [-0.05, 0) is 44.6 Å². The SMILES string of the molecule is CCNC(C1CCOCC1)C1CC2CCC1O2. The molecule has 17 heavy (non-hydrogen) atoms. The van der Waals surface area contributed by atoms with Crippen molar-refractivity contribution < 1.29 is 9.47 Å². The molecule has 0 spiro atoms. The van der Waals surface area contributed by atoms with Crippen LogP contribution in [0, 0.1) is 11.8 Å². The minimum atomic E-state index is 0.548. The van der Waals surface area contributed by atoms with Crippen molar-refractivity contribution in [3.05, 3.63) is 0 Å². The van der Waals surface area contributed by atoms with Crippen LogP contribution >= 0.6 is 0 Å². The fourth-order valence-corrected chi connectivity index (χ4v) is 4.03. The van der Waals surface area contributed by atoms with Crippen LogP contribution < -0.4 is 5.32 Å². The van der Waals surface area contributed by atoms with Crippen LogP contribution in [0.5, 0.6) is 0 Å². The summed E-state index contributed by atoms with van der Waals surface area (Å²) in [6.07, 6.45) is 7.46. The smallest absolute Gasteiger partial charge is 0.0623 e. The average Bonchev–Trinajstić information content (AvgIpc) is 2.99. The molecule has 0 aromatic rings. The van der Waals surface area contributed by atoms with Gasteiger partial charge in [0.1, 0.15) is 0 Å². The third kappa shape index (κ3) is 2.38. The number of fused-ring (bicyclic) bond motifs is 2. The Labute approximate surface area is 104 Å². The van der Waals surface area contributed by atoms with Gasteiger partial charge >= 0.3 is 0 Å². The molecule has 3 aliphatic rings. The van der Waals surface area contributed by atoms with Crippen LogP contribution in [0.15, 0.2) is 0 Å². The molecule has 0 amide bonds. The Morgan fingerprint density at radius 3 is 2.59 bits per heavy atom. The first-order valence-electron chi connectivity index (χ1n) is 7.35. The lowest BCUT2D eigenvalue weighted by atomic mass is 9.76. The normalized spacial score (nSPS) is 39.7. The summed E-state index contributed by atoms with van der Waals surface area (Å²) in [6, 6.07) is 0.666. The summed E-state index contributed by atoms with van der Waals surface area (Å²) in [5.74, 6) is 1.56. The van der Waals surface area contributed by atoms with Gasteiger partial charge in [0, 0.05) is 25.2 Å². The van der Waals surface area contributed by atoms with E-state index in [0.29, 0.717) is 18.2 Å². The van der Waals surface area contributed by atoms with E-state index in [1.165, 1.54) is 32.1 Å². The molecule has 0 aromatic heterocycles. The summed E-state index contributed by atoms with van der Waals surface area (Å²) in [4.78, 5) is 0. The lowest BCUT2D eigenvalue weighted by molar-refractivity contribution is 0.0316. The lowest BCUT2D eigenvalue weighted by Gasteiger charge is -2.37. The Bertz CT molecular complexity index is 253. The highest BCUT2D eigenvalue weighted by atomic mass is 16.5. The van der Waals surface area contributed by atoms with Gasteiger partial charge in [-0.15, -0.1) is 0 Å². The minimum Gasteiger partial charge on any atom is -0.381 e. The van der Waals surface area contributed by atoms with Crippen molar-refractivity contribution in [2.75, 3.05) is 19.8 Å². The summed E-state index contributed by atoms with van der Waals surface area (Å²) in [5, 5.41) is 3.74. The Morgan fingerprint density at radius 1 is 1.18 bits per heavy atom. The molecule has 3 heterocycles. The summed E-state index contributed by atoms with van der Waals surface area (Å²) in [6.45, 7) is 5.21. The molecule has 3 saturated heterocycles. The molecule has 4 atom stereocenters. The third-order valence-corrected chi connectivity index (χ3v) is 4.83. The van der Waals surface area contributed by atoms with Gasteiger partial charge in [-0.2, -0.15) is 0 Å². The largest absolute Gasteiger partial charge is 0.381 e. The van der Waals surface area contributed by atoms with Gasteiger partial charge in [-0.3, -0.25) is 0 Å². The van der Waals surface area contributed by atoms with Gasteiger partial charge in [-0.25, -0.2) is 0 Å². The highest BCUT2D eigenvalue weighted by molar-refractivity contribution is 4.97. The van der Waals surface area contributed by atoms with Crippen LogP contribution in [0.2, 0.25) is 0 Å². The van der Waals surface area contributed by atoms with Crippen molar-refractivity contribution in [3.63, 3.8) is 0 Å². The maximum absolute atomic E-state index is 6.03. The first kappa shape index (κ1) is 11.9. The second-order valence-electron chi connectivity index (χ2n) is 5.81. The Balaban J connectivity index is 1.66. The first-order valence-corrected chi connectivity index (χ1v) is 7.35. The van der Waals surface area contributed by atoms with E-state index in [-0.39, 0.29) is 0 Å². The van der Waals surface area contributed by atoms with Crippen molar-refractivity contribution >= 4 is 0 Å². The maximum Gasteiger partial charge on any atom is 0.0623 e. The highest BCUT2D eigenvalue weighted by Crippen LogP contribution is 2.43. The van der Waals surface area contributed by atoms with E-state index >= 15 is 0 Å². The third-order valence-electron chi connectivity index (χ3n) is 4.83. The van der Waals surface area contributed by atoms with Gasteiger partial charge in [0.25, 0.3) is 0 Å². The molecule has 2 bridgehead atoms. The first-order chi connectivity index (χ1) is 8.38. The summed E-state index contributed by atoms with van der Waals surface area (Å²) in [7, 11) is 0. The molecule has 0 aromatic carbocycles. The van der Waals surface area contributed by atoms with Gasteiger partial charge < -0.3 is 14.8 Å². The van der Waals surface area contributed by atoms with Crippen molar-refractivity contribution in [1.29, 1.82) is 0 Å². The second-order valence-corrected chi connectivity index (χ2v) is 5.81. The summed E-state index contributed by atoms with van der Waals surface area (Å²) < 4.78 is 11.5. The van der Waals surface area contributed by atoms with E-state index in [0.717, 1.165) is 31.6 Å². The highest BCUT2D eigenvalue weighted by Gasteiger charge is 2.46.